The number of nitrogens with two attached hydrogens (primary N) is 1. The summed E-state index contributed by atoms with van der Waals surface area (Å²) >= 11 is 0. The third-order valence-corrected chi connectivity index (χ3v) is 7.59. The highest BCUT2D eigenvalue weighted by atomic mass is 16.5. The molecule has 0 amide bonds. The van der Waals surface area contributed by atoms with E-state index < -0.39 is 34.8 Å². The molecule has 1 saturated heterocycles. The Hall–Kier alpha value is -2.15. The number of furan rings is 1. The van der Waals surface area contributed by atoms with Gasteiger partial charge in [0.15, 0.2) is 5.78 Å². The van der Waals surface area contributed by atoms with Crippen molar-refractivity contribution in [2.75, 3.05) is 7.11 Å². The predicted octanol–water partition coefficient (Wildman–Crippen LogP) is 2.40. The second-order valence-corrected chi connectivity index (χ2v) is 9.04. The second kappa shape index (κ2) is 6.44. The fourth-order valence-corrected chi connectivity index (χ4v) is 6.23. The van der Waals surface area contributed by atoms with Gasteiger partial charge in [-0.05, 0) is 42.6 Å². The van der Waals surface area contributed by atoms with Crippen molar-refractivity contribution in [3.8, 4) is 0 Å². The van der Waals surface area contributed by atoms with Crippen LogP contribution in [0.3, 0.4) is 0 Å². The first kappa shape index (κ1) is 19.2. The predicted molar refractivity (Wildman–Crippen MR) is 97.7 cm³/mol. The summed E-state index contributed by atoms with van der Waals surface area (Å²) in [5, 5.41) is 0. The van der Waals surface area contributed by atoms with Gasteiger partial charge in [-0.25, -0.2) is 0 Å². The van der Waals surface area contributed by atoms with E-state index in [1.54, 1.807) is 12.3 Å². The molecule has 3 fully saturated rings. The molecular formula is C21H27NO6. The van der Waals surface area contributed by atoms with Gasteiger partial charge in [-0.15, -0.1) is 0 Å². The lowest BCUT2D eigenvalue weighted by Gasteiger charge is -2.61. The van der Waals surface area contributed by atoms with E-state index in [0.717, 1.165) is 5.56 Å². The fraction of sp³-hybridized carbons (Fsp3) is 0.667. The number of Topliss-reactive ketones (excluding diaryl/α,β-unsaturated/α-hetero) is 1. The first-order chi connectivity index (χ1) is 13.2. The Morgan fingerprint density at radius 1 is 1.29 bits per heavy atom. The Bertz CT molecular complexity index is 804. The van der Waals surface area contributed by atoms with Crippen LogP contribution in [-0.2, 0) is 23.9 Å². The topological polar surface area (TPSA) is 109 Å². The molecule has 7 heteroatoms. The SMILES string of the molecule is COC(=O)[C@@H]1C[C@H](N)C(=O)C2[C@@]3(C)C[C@@H](c4ccoc4)OC(=O)C3CC[C@]21C. The highest BCUT2D eigenvalue weighted by molar-refractivity contribution is 5.92. The maximum Gasteiger partial charge on any atom is 0.310 e. The normalized spacial score (nSPS) is 42.9. The molecule has 2 N–H and O–H groups in total. The molecule has 4 rings (SSSR count). The minimum atomic E-state index is -0.733. The van der Waals surface area contributed by atoms with Crippen molar-refractivity contribution in [1.82, 2.24) is 0 Å². The van der Waals surface area contributed by atoms with E-state index in [1.165, 1.54) is 13.4 Å². The number of cyclic esters (lactones) is 1. The quantitative estimate of drug-likeness (QED) is 0.774. The van der Waals surface area contributed by atoms with Crippen molar-refractivity contribution < 1.29 is 28.3 Å². The van der Waals surface area contributed by atoms with E-state index in [2.05, 4.69) is 0 Å². The molecule has 2 saturated carbocycles. The standard InChI is InChI=1S/C21H27NO6/c1-20-6-4-12-19(25)28-15(11-5-7-27-10-11)9-21(12,2)17(20)16(23)14(22)8-13(20)18(24)26-3/h5,7,10,12-15,17H,4,6,8-9,22H2,1-3H3/t12?,13-,14-,15-,17?,20-,21-/m0/s1. The number of methoxy groups -OCH3 is 1. The van der Waals surface area contributed by atoms with Gasteiger partial charge in [0.05, 0.1) is 37.5 Å². The van der Waals surface area contributed by atoms with Gasteiger partial charge in [0.25, 0.3) is 0 Å². The van der Waals surface area contributed by atoms with Crippen molar-refractivity contribution in [2.45, 2.75) is 51.7 Å². The molecule has 0 spiro atoms. The van der Waals surface area contributed by atoms with E-state index >= 15 is 0 Å². The van der Waals surface area contributed by atoms with Crippen molar-refractivity contribution >= 4 is 17.7 Å². The lowest BCUT2D eigenvalue weighted by Crippen LogP contribution is -2.65. The number of rotatable bonds is 2. The number of ether oxygens (including phenoxy) is 2. The molecule has 152 valence electrons. The first-order valence-electron chi connectivity index (χ1n) is 9.82. The zero-order chi connectivity index (χ0) is 20.3. The molecule has 0 aromatic carbocycles. The van der Waals surface area contributed by atoms with Gasteiger partial charge in [-0.3, -0.25) is 14.4 Å². The zero-order valence-electron chi connectivity index (χ0n) is 16.5. The molecule has 2 unspecified atom stereocenters. The third kappa shape index (κ3) is 2.55. The minimum Gasteiger partial charge on any atom is -0.472 e. The minimum absolute atomic E-state index is 0.0597. The van der Waals surface area contributed by atoms with Crippen LogP contribution in [0.4, 0.5) is 0 Å². The summed E-state index contributed by atoms with van der Waals surface area (Å²) < 4.78 is 15.9. The molecular weight excluding hydrogens is 362 g/mol. The summed E-state index contributed by atoms with van der Waals surface area (Å²) in [4.78, 5) is 38.8. The van der Waals surface area contributed by atoms with Crippen LogP contribution in [0.15, 0.2) is 23.0 Å². The maximum absolute atomic E-state index is 13.3. The van der Waals surface area contributed by atoms with Crippen LogP contribution in [0.2, 0.25) is 0 Å². The van der Waals surface area contributed by atoms with Crippen molar-refractivity contribution in [2.24, 2.45) is 34.3 Å². The van der Waals surface area contributed by atoms with Gasteiger partial charge in [0.2, 0.25) is 0 Å². The molecule has 7 nitrogen and oxygen atoms in total. The first-order valence-corrected chi connectivity index (χ1v) is 9.82. The van der Waals surface area contributed by atoms with Crippen molar-refractivity contribution in [3.05, 3.63) is 24.2 Å². The van der Waals surface area contributed by atoms with Gasteiger partial charge in [0, 0.05) is 11.5 Å². The van der Waals surface area contributed by atoms with E-state index in [9.17, 15) is 14.4 Å². The molecule has 2 aliphatic carbocycles. The summed E-state index contributed by atoms with van der Waals surface area (Å²) in [6.45, 7) is 3.97. The van der Waals surface area contributed by atoms with E-state index in [4.69, 9.17) is 19.6 Å². The Morgan fingerprint density at radius 3 is 2.68 bits per heavy atom. The Balaban J connectivity index is 1.79. The maximum atomic E-state index is 13.3. The van der Waals surface area contributed by atoms with Crippen LogP contribution < -0.4 is 5.73 Å². The molecule has 7 atom stereocenters. The average molecular weight is 389 g/mol. The number of hydrogen-bond donors (Lipinski definition) is 1. The molecule has 3 aliphatic rings. The smallest absolute Gasteiger partial charge is 0.310 e. The van der Waals surface area contributed by atoms with Gasteiger partial charge in [-0.1, -0.05) is 13.8 Å². The monoisotopic (exact) mass is 389 g/mol. The second-order valence-electron chi connectivity index (χ2n) is 9.04. The van der Waals surface area contributed by atoms with E-state index in [0.29, 0.717) is 19.3 Å². The van der Waals surface area contributed by atoms with Gasteiger partial charge >= 0.3 is 11.9 Å². The van der Waals surface area contributed by atoms with Crippen LogP contribution in [0.1, 0.15) is 51.2 Å². The lowest BCUT2D eigenvalue weighted by atomic mass is 9.43. The number of esters is 2. The summed E-state index contributed by atoms with van der Waals surface area (Å²) in [5.41, 5.74) is 5.72. The summed E-state index contributed by atoms with van der Waals surface area (Å²) in [5.74, 6) is -2.03. The van der Waals surface area contributed by atoms with Crippen LogP contribution >= 0.6 is 0 Å². The van der Waals surface area contributed by atoms with E-state index in [1.807, 2.05) is 13.8 Å². The zero-order valence-corrected chi connectivity index (χ0v) is 16.5. The summed E-state index contributed by atoms with van der Waals surface area (Å²) in [7, 11) is 1.36. The highest BCUT2D eigenvalue weighted by Crippen LogP contribution is 2.64. The number of carbonyl (C=O) groups is 3. The molecule has 1 aliphatic heterocycles. The molecule has 28 heavy (non-hydrogen) atoms. The highest BCUT2D eigenvalue weighted by Gasteiger charge is 2.66. The molecule has 2 heterocycles. The van der Waals surface area contributed by atoms with Crippen LogP contribution in [0.25, 0.3) is 0 Å². The fourth-order valence-electron chi connectivity index (χ4n) is 6.23. The van der Waals surface area contributed by atoms with Gasteiger partial charge < -0.3 is 19.6 Å². The average Bonchev–Trinajstić information content (AvgIpc) is 3.18. The molecule has 1 aromatic rings. The number of ketones is 1. The van der Waals surface area contributed by atoms with Crippen LogP contribution in [-0.4, -0.2) is 30.9 Å². The summed E-state index contributed by atoms with van der Waals surface area (Å²) in [6, 6.07) is 1.04. The van der Waals surface area contributed by atoms with Crippen molar-refractivity contribution in [3.63, 3.8) is 0 Å². The number of hydrogen-bond acceptors (Lipinski definition) is 7. The van der Waals surface area contributed by atoms with Gasteiger partial charge in [0.1, 0.15) is 6.10 Å². The molecule has 0 radical (unpaired) electrons. The Labute approximate surface area is 163 Å². The third-order valence-electron chi connectivity index (χ3n) is 7.59. The Morgan fingerprint density at radius 2 is 2.04 bits per heavy atom. The van der Waals surface area contributed by atoms with Crippen molar-refractivity contribution in [1.29, 1.82) is 0 Å². The Kier molecular flexibility index (Phi) is 4.41. The number of fused-ring (bicyclic) bond motifs is 3. The van der Waals surface area contributed by atoms with Crippen LogP contribution in [0, 0.1) is 28.6 Å². The lowest BCUT2D eigenvalue weighted by molar-refractivity contribution is -0.203. The van der Waals surface area contributed by atoms with Gasteiger partial charge in [-0.2, -0.15) is 0 Å². The number of carbonyl (C=O) groups excluding carboxylic acids is 3. The van der Waals surface area contributed by atoms with Crippen LogP contribution in [0.5, 0.6) is 0 Å². The molecule has 1 aromatic heterocycles. The summed E-state index contributed by atoms with van der Waals surface area (Å²) in [6.07, 6.45) is 4.58. The largest absolute Gasteiger partial charge is 0.472 e. The van der Waals surface area contributed by atoms with E-state index in [-0.39, 0.29) is 30.1 Å². The molecule has 0 bridgehead atoms.